The fourth-order valence-electron chi connectivity index (χ4n) is 3.66. The van der Waals surface area contributed by atoms with Gasteiger partial charge in [0, 0.05) is 17.1 Å². The van der Waals surface area contributed by atoms with E-state index in [1.54, 1.807) is 7.11 Å². The summed E-state index contributed by atoms with van der Waals surface area (Å²) in [5, 5.41) is 0. The molecule has 0 fully saturated rings. The van der Waals surface area contributed by atoms with Crippen molar-refractivity contribution in [2.45, 2.75) is 38.1 Å². The molecule has 0 spiro atoms. The van der Waals surface area contributed by atoms with Crippen molar-refractivity contribution < 1.29 is 9.53 Å². The van der Waals surface area contributed by atoms with Gasteiger partial charge in [0.15, 0.2) is 0 Å². The third-order valence-corrected chi connectivity index (χ3v) is 5.01. The molecular weight excluding hydrogens is 286 g/mol. The van der Waals surface area contributed by atoms with Gasteiger partial charge in [-0.2, -0.15) is 0 Å². The Kier molecular flexibility index (Phi) is 4.12. The van der Waals surface area contributed by atoms with Crippen LogP contribution in [0.1, 0.15) is 31.4 Å². The van der Waals surface area contributed by atoms with Crippen LogP contribution in [0.4, 0.5) is 5.69 Å². The Morgan fingerprint density at radius 3 is 2.57 bits per heavy atom. The van der Waals surface area contributed by atoms with Crippen LogP contribution in [-0.2, 0) is 16.6 Å². The van der Waals surface area contributed by atoms with Crippen LogP contribution in [0.15, 0.2) is 48.5 Å². The minimum atomic E-state index is -0.0977. The number of carbonyl (C=O) groups is 1. The molecule has 0 radical (unpaired) electrons. The second kappa shape index (κ2) is 6.07. The van der Waals surface area contributed by atoms with Crippen LogP contribution in [0.2, 0.25) is 0 Å². The number of carbonyl (C=O) groups excluding carboxylic acids is 1. The zero-order valence-electron chi connectivity index (χ0n) is 14.0. The van der Waals surface area contributed by atoms with Crippen molar-refractivity contribution in [3.63, 3.8) is 0 Å². The highest BCUT2D eigenvalue weighted by atomic mass is 16.5. The smallest absolute Gasteiger partial charge is 0.214 e. The molecule has 1 heterocycles. The molecule has 1 atom stereocenters. The number of amides is 1. The van der Waals surface area contributed by atoms with Crippen molar-refractivity contribution in [3.8, 4) is 5.75 Å². The van der Waals surface area contributed by atoms with E-state index in [0.717, 1.165) is 30.7 Å². The standard InChI is InChI=1S/C20H23NO2/c1-20(2)17-13-16(23-3)10-11-18(17)21(14-22)19(20)12-9-15-7-5-4-6-8-15/h4-8,10-11,13-14,19H,9,12H2,1-3H3. The summed E-state index contributed by atoms with van der Waals surface area (Å²) in [4.78, 5) is 13.6. The van der Waals surface area contributed by atoms with E-state index in [2.05, 4.69) is 44.2 Å². The van der Waals surface area contributed by atoms with Crippen molar-refractivity contribution >= 4 is 12.1 Å². The number of hydrogen-bond acceptors (Lipinski definition) is 2. The minimum Gasteiger partial charge on any atom is -0.497 e. The van der Waals surface area contributed by atoms with E-state index in [1.165, 1.54) is 11.1 Å². The van der Waals surface area contributed by atoms with Gasteiger partial charge in [-0.25, -0.2) is 0 Å². The van der Waals surface area contributed by atoms with Gasteiger partial charge in [-0.1, -0.05) is 44.2 Å². The zero-order chi connectivity index (χ0) is 16.4. The van der Waals surface area contributed by atoms with E-state index in [-0.39, 0.29) is 11.5 Å². The van der Waals surface area contributed by atoms with Crippen molar-refractivity contribution in [2.75, 3.05) is 12.0 Å². The van der Waals surface area contributed by atoms with Crippen LogP contribution in [0.3, 0.4) is 0 Å². The van der Waals surface area contributed by atoms with Crippen molar-refractivity contribution in [1.82, 2.24) is 0 Å². The number of rotatable bonds is 5. The van der Waals surface area contributed by atoms with Gasteiger partial charge in [-0.15, -0.1) is 0 Å². The molecule has 0 saturated carbocycles. The summed E-state index contributed by atoms with van der Waals surface area (Å²) in [7, 11) is 1.67. The molecule has 0 bridgehead atoms. The molecular formula is C20H23NO2. The van der Waals surface area contributed by atoms with Crippen molar-refractivity contribution in [1.29, 1.82) is 0 Å². The highest BCUT2D eigenvalue weighted by Gasteiger charge is 2.44. The summed E-state index contributed by atoms with van der Waals surface area (Å²) in [5.74, 6) is 0.839. The average Bonchev–Trinajstić information content (AvgIpc) is 2.80. The molecule has 3 rings (SSSR count). The lowest BCUT2D eigenvalue weighted by Gasteiger charge is -2.31. The number of ether oxygens (including phenoxy) is 1. The van der Waals surface area contributed by atoms with Gasteiger partial charge in [0.05, 0.1) is 7.11 Å². The number of nitrogens with zero attached hydrogens (tertiary/aromatic N) is 1. The normalized spacial score (nSPS) is 18.6. The number of fused-ring (bicyclic) bond motifs is 1. The number of anilines is 1. The maximum absolute atomic E-state index is 11.7. The van der Waals surface area contributed by atoms with E-state index in [0.29, 0.717) is 0 Å². The molecule has 0 aromatic heterocycles. The zero-order valence-corrected chi connectivity index (χ0v) is 14.0. The van der Waals surface area contributed by atoms with Gasteiger partial charge in [0.2, 0.25) is 6.41 Å². The molecule has 120 valence electrons. The van der Waals surface area contributed by atoms with E-state index in [4.69, 9.17) is 4.74 Å². The van der Waals surface area contributed by atoms with Crippen LogP contribution in [0.25, 0.3) is 0 Å². The summed E-state index contributed by atoms with van der Waals surface area (Å²) in [6.45, 7) is 4.43. The van der Waals surface area contributed by atoms with Crippen LogP contribution in [-0.4, -0.2) is 19.6 Å². The molecule has 0 aliphatic carbocycles. The third-order valence-electron chi connectivity index (χ3n) is 5.01. The van der Waals surface area contributed by atoms with Crippen LogP contribution >= 0.6 is 0 Å². The van der Waals surface area contributed by atoms with Gasteiger partial charge in [0.1, 0.15) is 5.75 Å². The number of benzene rings is 2. The second-order valence-electron chi connectivity index (χ2n) is 6.66. The summed E-state index contributed by atoms with van der Waals surface area (Å²) >= 11 is 0. The van der Waals surface area contributed by atoms with Crippen LogP contribution in [0.5, 0.6) is 5.75 Å². The fraction of sp³-hybridized carbons (Fsp3) is 0.350. The number of hydrogen-bond donors (Lipinski definition) is 0. The summed E-state index contributed by atoms with van der Waals surface area (Å²) in [5.41, 5.74) is 3.40. The molecule has 1 aliphatic heterocycles. The first-order chi connectivity index (χ1) is 11.1. The molecule has 1 aliphatic rings. The molecule has 1 amide bonds. The average molecular weight is 309 g/mol. The molecule has 23 heavy (non-hydrogen) atoms. The quantitative estimate of drug-likeness (QED) is 0.783. The third kappa shape index (κ3) is 2.72. The summed E-state index contributed by atoms with van der Waals surface area (Å²) in [6, 6.07) is 16.6. The SMILES string of the molecule is COc1ccc2c(c1)C(C)(C)C(CCc1ccccc1)N2C=O. The predicted octanol–water partition coefficient (Wildman–Crippen LogP) is 3.95. The van der Waals surface area contributed by atoms with E-state index >= 15 is 0 Å². The van der Waals surface area contributed by atoms with Gasteiger partial charge >= 0.3 is 0 Å². The molecule has 2 aromatic rings. The molecule has 1 unspecified atom stereocenters. The maximum atomic E-state index is 11.7. The van der Waals surface area contributed by atoms with Crippen LogP contribution < -0.4 is 9.64 Å². The fourth-order valence-corrected chi connectivity index (χ4v) is 3.66. The molecule has 3 nitrogen and oxygen atoms in total. The Labute approximate surface area is 137 Å². The highest BCUT2D eigenvalue weighted by molar-refractivity contribution is 5.83. The first-order valence-corrected chi connectivity index (χ1v) is 8.04. The Bertz CT molecular complexity index is 694. The van der Waals surface area contributed by atoms with Gasteiger partial charge < -0.3 is 9.64 Å². The Balaban J connectivity index is 1.90. The summed E-state index contributed by atoms with van der Waals surface area (Å²) < 4.78 is 5.36. The van der Waals surface area contributed by atoms with E-state index in [1.807, 2.05) is 23.1 Å². The monoisotopic (exact) mass is 309 g/mol. The molecule has 2 aromatic carbocycles. The number of methoxy groups -OCH3 is 1. The topological polar surface area (TPSA) is 29.5 Å². The largest absolute Gasteiger partial charge is 0.497 e. The lowest BCUT2D eigenvalue weighted by atomic mass is 9.78. The van der Waals surface area contributed by atoms with Crippen LogP contribution in [0, 0.1) is 0 Å². The highest BCUT2D eigenvalue weighted by Crippen LogP contribution is 2.47. The Morgan fingerprint density at radius 1 is 1.17 bits per heavy atom. The molecule has 0 N–H and O–H groups in total. The minimum absolute atomic E-state index is 0.0977. The Morgan fingerprint density at radius 2 is 1.91 bits per heavy atom. The maximum Gasteiger partial charge on any atom is 0.214 e. The molecule has 3 heteroatoms. The van der Waals surface area contributed by atoms with Gasteiger partial charge in [-0.05, 0) is 42.2 Å². The van der Waals surface area contributed by atoms with Crippen molar-refractivity contribution in [3.05, 3.63) is 59.7 Å². The number of aryl methyl sites for hydroxylation is 1. The first kappa shape index (κ1) is 15.6. The van der Waals surface area contributed by atoms with Crippen molar-refractivity contribution in [2.24, 2.45) is 0 Å². The lowest BCUT2D eigenvalue weighted by molar-refractivity contribution is -0.108. The first-order valence-electron chi connectivity index (χ1n) is 8.04. The summed E-state index contributed by atoms with van der Waals surface area (Å²) in [6.07, 6.45) is 2.87. The van der Waals surface area contributed by atoms with E-state index < -0.39 is 0 Å². The molecule has 0 saturated heterocycles. The Hall–Kier alpha value is -2.29. The predicted molar refractivity (Wildman–Crippen MR) is 93.1 cm³/mol. The second-order valence-corrected chi connectivity index (χ2v) is 6.66. The van der Waals surface area contributed by atoms with Gasteiger partial charge in [0.25, 0.3) is 0 Å². The van der Waals surface area contributed by atoms with E-state index in [9.17, 15) is 4.79 Å². The van der Waals surface area contributed by atoms with Gasteiger partial charge in [-0.3, -0.25) is 4.79 Å². The lowest BCUT2D eigenvalue weighted by Crippen LogP contribution is -2.41.